The SMILES string of the molecule is Cc1ccc(-n2ncc3c(=O)n(CC(=O)N4[C@H](C)CCC[C@H]4C)cnc32)cc1. The number of nitrogens with zero attached hydrogens (tertiary/aromatic N) is 5. The van der Waals surface area contributed by atoms with E-state index < -0.39 is 0 Å². The summed E-state index contributed by atoms with van der Waals surface area (Å²) in [6, 6.07) is 8.27. The predicted octanol–water partition coefficient (Wildman–Crippen LogP) is 2.68. The Bertz CT molecular complexity index is 1060. The molecular weight excluding hydrogens is 354 g/mol. The molecule has 1 aromatic carbocycles. The molecule has 3 aromatic rings. The van der Waals surface area contributed by atoms with E-state index in [1.54, 1.807) is 4.68 Å². The first-order valence-electron chi connectivity index (χ1n) is 9.77. The van der Waals surface area contributed by atoms with Gasteiger partial charge in [0.15, 0.2) is 5.65 Å². The summed E-state index contributed by atoms with van der Waals surface area (Å²) in [7, 11) is 0. The molecule has 0 saturated carbocycles. The number of rotatable bonds is 3. The molecule has 0 unspecified atom stereocenters. The summed E-state index contributed by atoms with van der Waals surface area (Å²) >= 11 is 0. The summed E-state index contributed by atoms with van der Waals surface area (Å²) in [5.74, 6) is -0.0334. The van der Waals surface area contributed by atoms with E-state index in [2.05, 4.69) is 23.9 Å². The molecule has 7 nitrogen and oxygen atoms in total. The minimum Gasteiger partial charge on any atom is -0.336 e. The Balaban J connectivity index is 1.65. The molecule has 1 aliphatic rings. The Morgan fingerprint density at radius 2 is 1.82 bits per heavy atom. The first-order valence-corrected chi connectivity index (χ1v) is 9.77. The topological polar surface area (TPSA) is 73.0 Å². The number of amides is 1. The van der Waals surface area contributed by atoms with E-state index in [0.29, 0.717) is 11.0 Å². The fourth-order valence-electron chi connectivity index (χ4n) is 4.08. The summed E-state index contributed by atoms with van der Waals surface area (Å²) in [6.45, 7) is 6.17. The zero-order chi connectivity index (χ0) is 19.8. The first-order chi connectivity index (χ1) is 13.5. The second-order valence-corrected chi connectivity index (χ2v) is 7.74. The van der Waals surface area contributed by atoms with E-state index in [9.17, 15) is 9.59 Å². The van der Waals surface area contributed by atoms with E-state index in [1.165, 1.54) is 17.1 Å². The van der Waals surface area contributed by atoms with Crippen molar-refractivity contribution in [3.63, 3.8) is 0 Å². The third kappa shape index (κ3) is 3.21. The fourth-order valence-corrected chi connectivity index (χ4v) is 4.08. The van der Waals surface area contributed by atoms with Gasteiger partial charge >= 0.3 is 0 Å². The number of carbonyl (C=O) groups is 1. The van der Waals surface area contributed by atoms with Crippen LogP contribution in [0.4, 0.5) is 0 Å². The van der Waals surface area contributed by atoms with Gasteiger partial charge in [-0.1, -0.05) is 17.7 Å². The Morgan fingerprint density at radius 3 is 2.50 bits per heavy atom. The maximum absolute atomic E-state index is 12.9. The van der Waals surface area contributed by atoms with E-state index in [1.807, 2.05) is 36.1 Å². The molecule has 2 aromatic heterocycles. The lowest BCUT2D eigenvalue weighted by Crippen LogP contribution is -2.49. The lowest BCUT2D eigenvalue weighted by Gasteiger charge is -2.39. The number of carbonyl (C=O) groups excluding carboxylic acids is 1. The zero-order valence-corrected chi connectivity index (χ0v) is 16.5. The number of aryl methyl sites for hydroxylation is 1. The van der Waals surface area contributed by atoms with Crippen LogP contribution in [-0.2, 0) is 11.3 Å². The van der Waals surface area contributed by atoms with Gasteiger partial charge in [-0.05, 0) is 52.2 Å². The minimum atomic E-state index is -0.242. The zero-order valence-electron chi connectivity index (χ0n) is 16.5. The number of benzene rings is 1. The van der Waals surface area contributed by atoms with Crippen LogP contribution in [0.5, 0.6) is 0 Å². The van der Waals surface area contributed by atoms with Crippen LogP contribution >= 0.6 is 0 Å². The van der Waals surface area contributed by atoms with Gasteiger partial charge in [0.05, 0.1) is 11.9 Å². The van der Waals surface area contributed by atoms with Gasteiger partial charge in [0.25, 0.3) is 5.56 Å². The molecule has 1 saturated heterocycles. The van der Waals surface area contributed by atoms with Crippen LogP contribution in [0.2, 0.25) is 0 Å². The Morgan fingerprint density at radius 1 is 1.14 bits per heavy atom. The first kappa shape index (κ1) is 18.4. The van der Waals surface area contributed by atoms with Crippen molar-refractivity contribution in [3.05, 3.63) is 52.7 Å². The summed E-state index contributed by atoms with van der Waals surface area (Å²) in [6.07, 6.45) is 6.13. The highest BCUT2D eigenvalue weighted by Crippen LogP contribution is 2.23. The molecule has 0 N–H and O–H groups in total. The van der Waals surface area contributed by atoms with Crippen LogP contribution < -0.4 is 5.56 Å². The molecule has 3 heterocycles. The summed E-state index contributed by atoms with van der Waals surface area (Å²) in [5.41, 5.74) is 2.25. The Kier molecular flexibility index (Phi) is 4.75. The van der Waals surface area contributed by atoms with Gasteiger partial charge in [-0.3, -0.25) is 14.2 Å². The van der Waals surface area contributed by atoms with Crippen molar-refractivity contribution in [2.75, 3.05) is 0 Å². The molecule has 2 atom stereocenters. The predicted molar refractivity (Wildman–Crippen MR) is 107 cm³/mol. The minimum absolute atomic E-state index is 0.00612. The molecule has 0 aliphatic carbocycles. The normalized spacial score (nSPS) is 19.9. The van der Waals surface area contributed by atoms with Crippen LogP contribution in [0.1, 0.15) is 38.7 Å². The van der Waals surface area contributed by atoms with Crippen molar-refractivity contribution in [1.29, 1.82) is 0 Å². The number of likely N-dealkylation sites (tertiary alicyclic amines) is 1. The highest BCUT2D eigenvalue weighted by molar-refractivity contribution is 5.78. The maximum atomic E-state index is 12.9. The van der Waals surface area contributed by atoms with Crippen molar-refractivity contribution >= 4 is 16.9 Å². The van der Waals surface area contributed by atoms with E-state index in [-0.39, 0.29) is 30.1 Å². The van der Waals surface area contributed by atoms with Gasteiger partial charge in [-0.15, -0.1) is 0 Å². The van der Waals surface area contributed by atoms with Gasteiger partial charge < -0.3 is 4.90 Å². The second-order valence-electron chi connectivity index (χ2n) is 7.74. The Hall–Kier alpha value is -2.96. The average molecular weight is 379 g/mol. The molecule has 1 fully saturated rings. The molecule has 1 aliphatic heterocycles. The molecule has 1 amide bonds. The lowest BCUT2D eigenvalue weighted by molar-refractivity contribution is -0.138. The van der Waals surface area contributed by atoms with Crippen molar-refractivity contribution in [3.8, 4) is 5.69 Å². The van der Waals surface area contributed by atoms with Crippen molar-refractivity contribution < 1.29 is 4.79 Å². The molecule has 146 valence electrons. The average Bonchev–Trinajstić information content (AvgIpc) is 3.09. The molecule has 0 radical (unpaired) electrons. The van der Waals surface area contributed by atoms with Crippen LogP contribution in [0.25, 0.3) is 16.7 Å². The number of hydrogen-bond acceptors (Lipinski definition) is 4. The number of piperidine rings is 1. The standard InChI is InChI=1S/C21H25N5O2/c1-14-7-9-17(10-8-14)26-20-18(11-23-26)21(28)24(13-22-20)12-19(27)25-15(2)5-4-6-16(25)3/h7-11,13,15-16H,4-6,12H2,1-3H3/t15-,16-/m1/s1. The van der Waals surface area contributed by atoms with E-state index >= 15 is 0 Å². The number of hydrogen-bond donors (Lipinski definition) is 0. The molecule has 28 heavy (non-hydrogen) atoms. The molecule has 7 heteroatoms. The fraction of sp³-hybridized carbons (Fsp3) is 0.429. The number of fused-ring (bicyclic) bond motifs is 1. The quantitative estimate of drug-likeness (QED) is 0.701. The van der Waals surface area contributed by atoms with Crippen LogP contribution in [-0.4, -0.2) is 42.2 Å². The second kappa shape index (κ2) is 7.22. The third-order valence-electron chi connectivity index (χ3n) is 5.62. The number of aromatic nitrogens is 4. The maximum Gasteiger partial charge on any atom is 0.264 e. The largest absolute Gasteiger partial charge is 0.336 e. The smallest absolute Gasteiger partial charge is 0.264 e. The molecule has 0 spiro atoms. The molecular formula is C21H25N5O2. The van der Waals surface area contributed by atoms with Crippen molar-refractivity contribution in [2.45, 2.75) is 58.7 Å². The summed E-state index contributed by atoms with van der Waals surface area (Å²) < 4.78 is 3.04. The van der Waals surface area contributed by atoms with Gasteiger partial charge in [0, 0.05) is 12.1 Å². The molecule has 4 rings (SSSR count). The lowest BCUT2D eigenvalue weighted by atomic mass is 9.97. The summed E-state index contributed by atoms with van der Waals surface area (Å²) in [4.78, 5) is 32.1. The van der Waals surface area contributed by atoms with E-state index in [0.717, 1.165) is 30.5 Å². The van der Waals surface area contributed by atoms with Gasteiger partial charge in [0.2, 0.25) is 5.91 Å². The summed E-state index contributed by atoms with van der Waals surface area (Å²) in [5, 5.41) is 4.75. The third-order valence-corrected chi connectivity index (χ3v) is 5.62. The van der Waals surface area contributed by atoms with Gasteiger partial charge in [-0.2, -0.15) is 5.10 Å². The van der Waals surface area contributed by atoms with Gasteiger partial charge in [-0.25, -0.2) is 9.67 Å². The monoisotopic (exact) mass is 379 g/mol. The highest BCUT2D eigenvalue weighted by Gasteiger charge is 2.29. The van der Waals surface area contributed by atoms with E-state index in [4.69, 9.17) is 0 Å². The Labute approximate surface area is 163 Å². The van der Waals surface area contributed by atoms with Crippen LogP contribution in [0.3, 0.4) is 0 Å². The van der Waals surface area contributed by atoms with Crippen molar-refractivity contribution in [1.82, 2.24) is 24.2 Å². The highest BCUT2D eigenvalue weighted by atomic mass is 16.2. The van der Waals surface area contributed by atoms with Gasteiger partial charge in [0.1, 0.15) is 18.3 Å². The molecule has 0 bridgehead atoms. The van der Waals surface area contributed by atoms with Crippen LogP contribution in [0.15, 0.2) is 41.6 Å². The van der Waals surface area contributed by atoms with Crippen LogP contribution in [0, 0.1) is 6.92 Å². The van der Waals surface area contributed by atoms with Crippen molar-refractivity contribution in [2.24, 2.45) is 0 Å².